The zero-order valence-corrected chi connectivity index (χ0v) is 10.6. The van der Waals surface area contributed by atoms with Gasteiger partial charge in [0.25, 0.3) is 5.71 Å². The van der Waals surface area contributed by atoms with E-state index in [1.165, 1.54) is 21.0 Å². The van der Waals surface area contributed by atoms with Crippen molar-refractivity contribution in [3.05, 3.63) is 5.21 Å². The van der Waals surface area contributed by atoms with Gasteiger partial charge in [-0.2, -0.15) is 10.0 Å². The number of hydrogen-bond acceptors (Lipinski definition) is 4. The molecule has 0 unspecified atom stereocenters. The molecule has 0 aromatic rings. The van der Waals surface area contributed by atoms with Crippen LogP contribution in [0.15, 0.2) is 0 Å². The fourth-order valence-corrected chi connectivity index (χ4v) is 1.13. The Morgan fingerprint density at radius 3 is 2.00 bits per heavy atom. The predicted molar refractivity (Wildman–Crippen MR) is 59.8 cm³/mol. The van der Waals surface area contributed by atoms with Gasteiger partial charge in [-0.15, -0.1) is 0 Å². The maximum absolute atomic E-state index is 11.9. The van der Waals surface area contributed by atoms with Crippen molar-refractivity contribution in [2.24, 2.45) is 5.41 Å². The summed E-state index contributed by atoms with van der Waals surface area (Å²) in [4.78, 5) is 11.5. The Morgan fingerprint density at radius 2 is 1.75 bits per heavy atom. The number of ether oxygens (including phenoxy) is 1. The smallest absolute Gasteiger partial charge is 0.322 e. The Hall–Kier alpha value is -1.57. The van der Waals surface area contributed by atoms with Crippen molar-refractivity contribution >= 4 is 11.7 Å². The summed E-state index contributed by atoms with van der Waals surface area (Å²) in [6.07, 6.45) is 0. The Kier molecular flexibility index (Phi) is 4.07. The first-order valence-corrected chi connectivity index (χ1v) is 4.92. The molecule has 0 aromatic carbocycles. The lowest BCUT2D eigenvalue weighted by Gasteiger charge is -2.25. The van der Waals surface area contributed by atoms with Gasteiger partial charge in [-0.1, -0.05) is 0 Å². The van der Waals surface area contributed by atoms with Gasteiger partial charge in [0.15, 0.2) is 17.0 Å². The van der Waals surface area contributed by atoms with E-state index >= 15 is 0 Å². The topological polar surface area (TPSA) is 76.2 Å². The van der Waals surface area contributed by atoms with E-state index in [4.69, 9.17) is 5.26 Å². The summed E-state index contributed by atoms with van der Waals surface area (Å²) in [5.74, 6) is -0.603. The molecule has 0 atom stereocenters. The van der Waals surface area contributed by atoms with Crippen molar-refractivity contribution in [2.45, 2.75) is 40.2 Å². The highest BCUT2D eigenvalue weighted by Crippen LogP contribution is 2.21. The number of carbonyl (C=O) groups excluding carboxylic acids is 1. The predicted octanol–water partition coefficient (Wildman–Crippen LogP) is 1.46. The van der Waals surface area contributed by atoms with E-state index in [-0.39, 0.29) is 5.71 Å². The number of methoxy groups -OCH3 is 1. The van der Waals surface area contributed by atoms with Gasteiger partial charge < -0.3 is 9.94 Å². The van der Waals surface area contributed by atoms with E-state index in [0.29, 0.717) is 4.74 Å². The molecule has 0 aliphatic heterocycles. The number of rotatable bonds is 2. The molecule has 0 saturated carbocycles. The lowest BCUT2D eigenvalue weighted by Crippen LogP contribution is -2.43. The standard InChI is InChI=1S/C11H18N2O3/c1-10(2,3)13(15)8(7-12)11(4,5)9(14)16-6/h1-6H3. The van der Waals surface area contributed by atoms with E-state index < -0.39 is 16.9 Å². The second-order valence-corrected chi connectivity index (χ2v) is 5.04. The van der Waals surface area contributed by atoms with Crippen molar-refractivity contribution in [1.29, 1.82) is 5.26 Å². The number of hydrogen-bond donors (Lipinski definition) is 0. The van der Waals surface area contributed by atoms with Crippen LogP contribution in [0.5, 0.6) is 0 Å². The van der Waals surface area contributed by atoms with Gasteiger partial charge in [0.1, 0.15) is 0 Å². The van der Waals surface area contributed by atoms with E-state index in [1.54, 1.807) is 26.8 Å². The zero-order valence-electron chi connectivity index (χ0n) is 10.6. The fourth-order valence-electron chi connectivity index (χ4n) is 1.13. The first kappa shape index (κ1) is 14.4. The number of hydroxylamine groups is 1. The molecule has 5 heteroatoms. The first-order valence-electron chi connectivity index (χ1n) is 4.92. The highest BCUT2D eigenvalue weighted by molar-refractivity contribution is 6.11. The Labute approximate surface area is 95.9 Å². The van der Waals surface area contributed by atoms with E-state index in [0.717, 1.165) is 0 Å². The SMILES string of the molecule is COC(=O)C(C)(C)C(C#N)=[N+]([O-])C(C)(C)C. The quantitative estimate of drug-likeness (QED) is 0.235. The summed E-state index contributed by atoms with van der Waals surface area (Å²) in [6, 6.07) is 1.79. The average Bonchev–Trinajstić information content (AvgIpc) is 2.15. The molecule has 0 aliphatic carbocycles. The molecule has 90 valence electrons. The molecule has 16 heavy (non-hydrogen) atoms. The van der Waals surface area contributed by atoms with Gasteiger partial charge in [0, 0.05) is 20.8 Å². The molecule has 0 N–H and O–H groups in total. The number of nitriles is 1. The molecular weight excluding hydrogens is 208 g/mol. The molecular formula is C11H18N2O3. The highest BCUT2D eigenvalue weighted by Gasteiger charge is 2.43. The minimum absolute atomic E-state index is 0.146. The van der Waals surface area contributed by atoms with Crippen LogP contribution >= 0.6 is 0 Å². The normalized spacial score (nSPS) is 13.8. The van der Waals surface area contributed by atoms with Crippen molar-refractivity contribution in [2.75, 3.05) is 7.11 Å². The minimum atomic E-state index is -1.24. The van der Waals surface area contributed by atoms with Crippen LogP contribution in [0.4, 0.5) is 0 Å². The molecule has 0 fully saturated rings. The highest BCUT2D eigenvalue weighted by atomic mass is 16.5. The maximum Gasteiger partial charge on any atom is 0.322 e. The Bertz CT molecular complexity index is 356. The summed E-state index contributed by atoms with van der Waals surface area (Å²) < 4.78 is 5.14. The van der Waals surface area contributed by atoms with Gasteiger partial charge in [-0.25, -0.2) is 0 Å². The van der Waals surface area contributed by atoms with Crippen LogP contribution in [-0.4, -0.2) is 29.1 Å². The van der Waals surface area contributed by atoms with Gasteiger partial charge >= 0.3 is 5.97 Å². The first-order chi connectivity index (χ1) is 7.08. The number of carbonyl (C=O) groups is 1. The molecule has 0 bridgehead atoms. The monoisotopic (exact) mass is 226 g/mol. The van der Waals surface area contributed by atoms with E-state index in [2.05, 4.69) is 4.74 Å². The van der Waals surface area contributed by atoms with Crippen molar-refractivity contribution in [1.82, 2.24) is 0 Å². The molecule has 0 amide bonds. The van der Waals surface area contributed by atoms with Crippen LogP contribution in [0.1, 0.15) is 34.6 Å². The van der Waals surface area contributed by atoms with Gasteiger partial charge in [-0.3, -0.25) is 4.79 Å². The number of nitrogens with zero attached hydrogens (tertiary/aromatic N) is 2. The fraction of sp³-hybridized carbons (Fsp3) is 0.727. The van der Waals surface area contributed by atoms with Gasteiger partial charge in [0.2, 0.25) is 0 Å². The van der Waals surface area contributed by atoms with Crippen molar-refractivity contribution < 1.29 is 14.3 Å². The summed E-state index contributed by atoms with van der Waals surface area (Å²) >= 11 is 0. The zero-order chi connectivity index (χ0) is 13.1. The Morgan fingerprint density at radius 1 is 1.31 bits per heavy atom. The van der Waals surface area contributed by atoms with Gasteiger partial charge in [0.05, 0.1) is 7.11 Å². The van der Waals surface area contributed by atoms with Crippen LogP contribution in [0, 0.1) is 22.0 Å². The molecule has 0 aromatic heterocycles. The third-order valence-electron chi connectivity index (χ3n) is 2.21. The average molecular weight is 226 g/mol. The molecule has 0 heterocycles. The molecule has 0 spiro atoms. The molecule has 0 saturated heterocycles. The lowest BCUT2D eigenvalue weighted by molar-refractivity contribution is -0.537. The summed E-state index contributed by atoms with van der Waals surface area (Å²) in [5.41, 5.74) is -2.15. The summed E-state index contributed by atoms with van der Waals surface area (Å²) in [6.45, 7) is 8.00. The van der Waals surface area contributed by atoms with Crippen molar-refractivity contribution in [3.8, 4) is 6.07 Å². The Balaban J connectivity index is 5.66. The second-order valence-electron chi connectivity index (χ2n) is 5.04. The minimum Gasteiger partial charge on any atom is -0.623 e. The second kappa shape index (κ2) is 4.52. The molecule has 5 nitrogen and oxygen atoms in total. The van der Waals surface area contributed by atoms with Crippen LogP contribution < -0.4 is 0 Å². The third kappa shape index (κ3) is 2.72. The van der Waals surface area contributed by atoms with E-state index in [1.807, 2.05) is 0 Å². The van der Waals surface area contributed by atoms with Crippen molar-refractivity contribution in [3.63, 3.8) is 0 Å². The van der Waals surface area contributed by atoms with Crippen LogP contribution in [-0.2, 0) is 9.53 Å². The number of esters is 1. The lowest BCUT2D eigenvalue weighted by atomic mass is 9.87. The van der Waals surface area contributed by atoms with Gasteiger partial charge in [-0.05, 0) is 13.8 Å². The molecule has 0 radical (unpaired) electrons. The maximum atomic E-state index is 11.9. The largest absolute Gasteiger partial charge is 0.623 e. The molecule has 0 aliphatic rings. The van der Waals surface area contributed by atoms with Crippen LogP contribution in [0.3, 0.4) is 0 Å². The molecule has 0 rings (SSSR count). The van der Waals surface area contributed by atoms with Crippen LogP contribution in [0.2, 0.25) is 0 Å². The summed E-state index contributed by atoms with van der Waals surface area (Å²) in [7, 11) is 1.23. The van der Waals surface area contributed by atoms with E-state index in [9.17, 15) is 10.0 Å². The third-order valence-corrected chi connectivity index (χ3v) is 2.21. The summed E-state index contributed by atoms with van der Waals surface area (Å²) in [5, 5.41) is 20.9. The van der Waals surface area contributed by atoms with Crippen LogP contribution in [0.25, 0.3) is 0 Å².